The molecule has 0 fully saturated rings. The summed E-state index contributed by atoms with van der Waals surface area (Å²) in [4.78, 5) is 23.0. The van der Waals surface area contributed by atoms with Gasteiger partial charge in [0.25, 0.3) is 0 Å². The monoisotopic (exact) mass is 263 g/mol. The van der Waals surface area contributed by atoms with Crippen LogP contribution in [0.2, 0.25) is 0 Å². The van der Waals surface area contributed by atoms with Gasteiger partial charge in [0.15, 0.2) is 0 Å². The van der Waals surface area contributed by atoms with Gasteiger partial charge in [0.1, 0.15) is 6.04 Å². The van der Waals surface area contributed by atoms with Crippen LogP contribution >= 0.6 is 0 Å². The Labute approximate surface area is 113 Å². The standard InChI is InChI=1S/C14H21N3O2/c1-3-10(2)12(17-14(15)19)13(18)16-9-11-7-5-4-6-8-11/h4-8,10,12H,3,9H2,1-2H3,(H,16,18)(H3,15,17,19)/t10-,12+/m0/s1. The summed E-state index contributed by atoms with van der Waals surface area (Å²) >= 11 is 0. The van der Waals surface area contributed by atoms with Gasteiger partial charge in [0.05, 0.1) is 0 Å². The summed E-state index contributed by atoms with van der Waals surface area (Å²) in [6.45, 7) is 4.31. The van der Waals surface area contributed by atoms with Gasteiger partial charge in [-0.15, -0.1) is 0 Å². The number of nitrogens with two attached hydrogens (primary N) is 1. The molecule has 1 aromatic rings. The van der Waals surface area contributed by atoms with E-state index in [-0.39, 0.29) is 11.8 Å². The van der Waals surface area contributed by atoms with Crippen molar-refractivity contribution in [3.05, 3.63) is 35.9 Å². The molecule has 3 amide bonds. The zero-order chi connectivity index (χ0) is 14.3. The molecule has 1 rings (SSSR count). The van der Waals surface area contributed by atoms with Crippen LogP contribution in [0.3, 0.4) is 0 Å². The molecule has 4 N–H and O–H groups in total. The molecule has 1 aromatic carbocycles. The molecule has 0 saturated heterocycles. The maximum atomic E-state index is 12.1. The highest BCUT2D eigenvalue weighted by Gasteiger charge is 2.24. The molecule has 0 bridgehead atoms. The first-order valence-electron chi connectivity index (χ1n) is 6.42. The van der Waals surface area contributed by atoms with E-state index in [1.165, 1.54) is 0 Å². The lowest BCUT2D eigenvalue weighted by Crippen LogP contribution is -2.51. The van der Waals surface area contributed by atoms with Gasteiger partial charge in [-0.2, -0.15) is 0 Å². The highest BCUT2D eigenvalue weighted by atomic mass is 16.2. The van der Waals surface area contributed by atoms with Crippen LogP contribution in [0.1, 0.15) is 25.8 Å². The van der Waals surface area contributed by atoms with E-state index in [1.54, 1.807) is 0 Å². The van der Waals surface area contributed by atoms with Crippen LogP contribution in [0.5, 0.6) is 0 Å². The molecule has 0 aliphatic rings. The van der Waals surface area contributed by atoms with Crippen LogP contribution in [0.4, 0.5) is 4.79 Å². The molecule has 19 heavy (non-hydrogen) atoms. The molecule has 0 spiro atoms. The van der Waals surface area contributed by atoms with Crippen LogP contribution in [0.15, 0.2) is 30.3 Å². The second-order valence-electron chi connectivity index (χ2n) is 4.58. The summed E-state index contributed by atoms with van der Waals surface area (Å²) in [5.74, 6) is -0.180. The lowest BCUT2D eigenvalue weighted by molar-refractivity contribution is -0.124. The molecule has 104 valence electrons. The van der Waals surface area contributed by atoms with E-state index in [0.717, 1.165) is 12.0 Å². The second kappa shape index (κ2) is 7.41. The van der Waals surface area contributed by atoms with Crippen molar-refractivity contribution in [2.75, 3.05) is 0 Å². The van der Waals surface area contributed by atoms with E-state index in [1.807, 2.05) is 44.2 Å². The zero-order valence-electron chi connectivity index (χ0n) is 11.3. The summed E-state index contributed by atoms with van der Waals surface area (Å²) in [5, 5.41) is 5.30. The highest BCUT2D eigenvalue weighted by Crippen LogP contribution is 2.08. The predicted octanol–water partition coefficient (Wildman–Crippen LogP) is 1.39. The van der Waals surface area contributed by atoms with E-state index in [9.17, 15) is 9.59 Å². The Morgan fingerprint density at radius 2 is 1.89 bits per heavy atom. The van der Waals surface area contributed by atoms with E-state index in [0.29, 0.717) is 6.54 Å². The van der Waals surface area contributed by atoms with Gasteiger partial charge in [-0.05, 0) is 11.5 Å². The fourth-order valence-corrected chi connectivity index (χ4v) is 1.75. The van der Waals surface area contributed by atoms with Crippen molar-refractivity contribution < 1.29 is 9.59 Å². The molecule has 2 atom stereocenters. The first kappa shape index (κ1) is 15.0. The molecule has 0 aromatic heterocycles. The summed E-state index contributed by atoms with van der Waals surface area (Å²) in [5.41, 5.74) is 6.11. The van der Waals surface area contributed by atoms with Crippen molar-refractivity contribution in [2.24, 2.45) is 11.7 Å². The van der Waals surface area contributed by atoms with Gasteiger partial charge in [0, 0.05) is 6.54 Å². The molecule has 0 radical (unpaired) electrons. The molecule has 0 unspecified atom stereocenters. The number of nitrogens with one attached hydrogen (secondary N) is 2. The Kier molecular flexibility index (Phi) is 5.85. The normalized spacial score (nSPS) is 13.4. The Morgan fingerprint density at radius 3 is 2.42 bits per heavy atom. The fraction of sp³-hybridized carbons (Fsp3) is 0.429. The molecule has 0 saturated carbocycles. The highest BCUT2D eigenvalue weighted by molar-refractivity contribution is 5.86. The number of urea groups is 1. The number of primary amides is 1. The van der Waals surface area contributed by atoms with E-state index >= 15 is 0 Å². The molecule has 5 heteroatoms. The first-order valence-corrected chi connectivity index (χ1v) is 6.42. The number of carbonyl (C=O) groups is 2. The van der Waals surface area contributed by atoms with Crippen LogP contribution in [0, 0.1) is 5.92 Å². The van der Waals surface area contributed by atoms with Crippen molar-refractivity contribution in [1.29, 1.82) is 0 Å². The number of amides is 3. The third kappa shape index (κ3) is 4.99. The Hall–Kier alpha value is -2.04. The van der Waals surface area contributed by atoms with Crippen molar-refractivity contribution in [2.45, 2.75) is 32.9 Å². The minimum atomic E-state index is -0.680. The van der Waals surface area contributed by atoms with Crippen LogP contribution in [0.25, 0.3) is 0 Å². The smallest absolute Gasteiger partial charge is 0.312 e. The Balaban J connectivity index is 2.59. The molecule has 0 heterocycles. The maximum absolute atomic E-state index is 12.1. The number of hydrogen-bond acceptors (Lipinski definition) is 2. The topological polar surface area (TPSA) is 84.2 Å². The number of hydrogen-bond donors (Lipinski definition) is 3. The van der Waals surface area contributed by atoms with Crippen LogP contribution < -0.4 is 16.4 Å². The predicted molar refractivity (Wildman–Crippen MR) is 74.3 cm³/mol. The fourth-order valence-electron chi connectivity index (χ4n) is 1.75. The number of benzene rings is 1. The Bertz CT molecular complexity index is 420. The lowest BCUT2D eigenvalue weighted by Gasteiger charge is -2.22. The van der Waals surface area contributed by atoms with E-state index in [2.05, 4.69) is 10.6 Å². The van der Waals surface area contributed by atoms with Gasteiger partial charge < -0.3 is 16.4 Å². The average molecular weight is 263 g/mol. The van der Waals surface area contributed by atoms with Gasteiger partial charge >= 0.3 is 6.03 Å². The minimum Gasteiger partial charge on any atom is -0.352 e. The summed E-state index contributed by atoms with van der Waals surface area (Å²) in [7, 11) is 0. The molecular formula is C14H21N3O2. The Morgan fingerprint density at radius 1 is 1.26 bits per heavy atom. The van der Waals surface area contributed by atoms with Crippen molar-refractivity contribution in [1.82, 2.24) is 10.6 Å². The molecule has 0 aliphatic carbocycles. The lowest BCUT2D eigenvalue weighted by atomic mass is 9.98. The minimum absolute atomic E-state index is 0.0308. The number of carbonyl (C=O) groups excluding carboxylic acids is 2. The summed E-state index contributed by atoms with van der Waals surface area (Å²) in [6, 6.07) is 8.33. The third-order valence-corrected chi connectivity index (χ3v) is 3.10. The number of rotatable bonds is 6. The summed E-state index contributed by atoms with van der Waals surface area (Å²) < 4.78 is 0. The van der Waals surface area contributed by atoms with E-state index in [4.69, 9.17) is 5.73 Å². The summed E-state index contributed by atoms with van der Waals surface area (Å²) in [6.07, 6.45) is 0.781. The molecular weight excluding hydrogens is 242 g/mol. The second-order valence-corrected chi connectivity index (χ2v) is 4.58. The van der Waals surface area contributed by atoms with Crippen molar-refractivity contribution >= 4 is 11.9 Å². The van der Waals surface area contributed by atoms with Crippen LogP contribution in [-0.2, 0) is 11.3 Å². The van der Waals surface area contributed by atoms with Gasteiger partial charge in [-0.3, -0.25) is 4.79 Å². The van der Waals surface area contributed by atoms with Crippen molar-refractivity contribution in [3.63, 3.8) is 0 Å². The zero-order valence-corrected chi connectivity index (χ0v) is 11.3. The third-order valence-electron chi connectivity index (χ3n) is 3.10. The maximum Gasteiger partial charge on any atom is 0.312 e. The largest absolute Gasteiger partial charge is 0.352 e. The van der Waals surface area contributed by atoms with Crippen LogP contribution in [-0.4, -0.2) is 18.0 Å². The molecule has 0 aliphatic heterocycles. The van der Waals surface area contributed by atoms with E-state index < -0.39 is 12.1 Å². The van der Waals surface area contributed by atoms with Gasteiger partial charge in [-0.25, -0.2) is 4.79 Å². The SMILES string of the molecule is CC[C@H](C)[C@@H](NC(N)=O)C(=O)NCc1ccccc1. The first-order chi connectivity index (χ1) is 9.04. The van der Waals surface area contributed by atoms with Gasteiger partial charge in [-0.1, -0.05) is 50.6 Å². The molecule has 5 nitrogen and oxygen atoms in total. The quantitative estimate of drug-likeness (QED) is 0.724. The van der Waals surface area contributed by atoms with Gasteiger partial charge in [0.2, 0.25) is 5.91 Å². The van der Waals surface area contributed by atoms with Crippen molar-refractivity contribution in [3.8, 4) is 0 Å². The average Bonchev–Trinajstić information content (AvgIpc) is 2.42.